The summed E-state index contributed by atoms with van der Waals surface area (Å²) in [6.07, 6.45) is 0. The third-order valence-corrected chi connectivity index (χ3v) is 5.45. The van der Waals surface area contributed by atoms with Gasteiger partial charge in [-0.25, -0.2) is 4.98 Å². The second-order valence-corrected chi connectivity index (χ2v) is 7.15. The molecule has 2 amide bonds. The molecule has 11 heteroatoms. The van der Waals surface area contributed by atoms with Crippen molar-refractivity contribution in [2.75, 3.05) is 31.2 Å². The fraction of sp³-hybridized carbons (Fsp3) is 0.353. The number of ether oxygens (including phenoxy) is 1. The summed E-state index contributed by atoms with van der Waals surface area (Å²) in [5.41, 5.74) is 5.54. The molecule has 2 heterocycles. The number of amides is 2. The largest absolute Gasteiger partial charge is 0.378 e. The molecule has 148 valence electrons. The molecule has 1 aliphatic heterocycles. The van der Waals surface area contributed by atoms with Gasteiger partial charge in [0, 0.05) is 30.3 Å². The molecule has 0 aliphatic carbocycles. The number of carbonyl (C=O) groups excluding carboxylic acids is 2. The Labute approximate surface area is 164 Å². The van der Waals surface area contributed by atoms with Crippen LogP contribution in [0.4, 0.5) is 10.8 Å². The van der Waals surface area contributed by atoms with Crippen molar-refractivity contribution in [1.82, 2.24) is 15.8 Å². The van der Waals surface area contributed by atoms with Crippen LogP contribution >= 0.6 is 11.3 Å². The van der Waals surface area contributed by atoms with E-state index in [0.717, 1.165) is 5.13 Å². The van der Waals surface area contributed by atoms with Crippen LogP contribution in [-0.4, -0.2) is 48.0 Å². The average molecular weight is 405 g/mol. The van der Waals surface area contributed by atoms with Crippen molar-refractivity contribution in [2.45, 2.75) is 13.8 Å². The van der Waals surface area contributed by atoms with Gasteiger partial charge < -0.3 is 9.64 Å². The van der Waals surface area contributed by atoms with Crippen molar-refractivity contribution < 1.29 is 19.2 Å². The van der Waals surface area contributed by atoms with Crippen molar-refractivity contribution in [3.8, 4) is 0 Å². The van der Waals surface area contributed by atoms with E-state index in [1.54, 1.807) is 13.8 Å². The van der Waals surface area contributed by atoms with Crippen LogP contribution in [0.2, 0.25) is 0 Å². The molecule has 2 N–H and O–H groups in total. The quantitative estimate of drug-likeness (QED) is 0.584. The maximum atomic E-state index is 12.4. The van der Waals surface area contributed by atoms with Gasteiger partial charge in [0.05, 0.1) is 23.8 Å². The van der Waals surface area contributed by atoms with Gasteiger partial charge in [0.1, 0.15) is 4.88 Å². The molecule has 1 saturated heterocycles. The Morgan fingerprint density at radius 3 is 2.57 bits per heavy atom. The lowest BCUT2D eigenvalue weighted by molar-refractivity contribution is -0.385. The number of nitro groups is 1. The van der Waals surface area contributed by atoms with Crippen LogP contribution in [-0.2, 0) is 4.74 Å². The Hall–Kier alpha value is -3.05. The van der Waals surface area contributed by atoms with Crippen molar-refractivity contribution in [3.63, 3.8) is 0 Å². The lowest BCUT2D eigenvalue weighted by Gasteiger charge is -2.25. The monoisotopic (exact) mass is 405 g/mol. The molecule has 1 aromatic carbocycles. The topological polar surface area (TPSA) is 127 Å². The molecule has 0 radical (unpaired) electrons. The van der Waals surface area contributed by atoms with Crippen LogP contribution in [0.1, 0.15) is 31.3 Å². The van der Waals surface area contributed by atoms with E-state index in [1.807, 2.05) is 4.90 Å². The normalized spacial score (nSPS) is 13.9. The smallest absolute Gasteiger partial charge is 0.281 e. The van der Waals surface area contributed by atoms with E-state index < -0.39 is 16.7 Å². The molecule has 10 nitrogen and oxygen atoms in total. The number of rotatable bonds is 4. The third kappa shape index (κ3) is 4.26. The van der Waals surface area contributed by atoms with Crippen LogP contribution in [0, 0.1) is 24.0 Å². The molecular formula is C17H19N5O5S. The van der Waals surface area contributed by atoms with Gasteiger partial charge in [0.25, 0.3) is 17.5 Å². The SMILES string of the molecule is Cc1ccc(C(=O)NNC(=O)c2sc(N3CCOCC3)nc2C)cc1[N+](=O)[O-]. The van der Waals surface area contributed by atoms with Gasteiger partial charge in [-0.3, -0.25) is 30.6 Å². The zero-order valence-electron chi connectivity index (χ0n) is 15.4. The minimum Gasteiger partial charge on any atom is -0.378 e. The van der Waals surface area contributed by atoms with Gasteiger partial charge in [-0.05, 0) is 19.9 Å². The summed E-state index contributed by atoms with van der Waals surface area (Å²) in [4.78, 5) is 41.9. The highest BCUT2D eigenvalue weighted by Gasteiger charge is 2.21. The van der Waals surface area contributed by atoms with Crippen molar-refractivity contribution in [1.29, 1.82) is 0 Å². The number of aryl methyl sites for hydroxylation is 2. The standard InChI is InChI=1S/C17H19N5O5S/c1-10-3-4-12(9-13(10)22(25)26)15(23)19-20-16(24)14-11(2)18-17(28-14)21-5-7-27-8-6-21/h3-4,9H,5-8H2,1-2H3,(H,19,23)(H,20,24). The van der Waals surface area contributed by atoms with Gasteiger partial charge in [-0.2, -0.15) is 0 Å². The molecule has 0 saturated carbocycles. The van der Waals surface area contributed by atoms with Gasteiger partial charge in [0.15, 0.2) is 5.13 Å². The number of benzene rings is 1. The molecule has 1 aliphatic rings. The highest BCUT2D eigenvalue weighted by molar-refractivity contribution is 7.17. The number of aromatic nitrogens is 1. The first-order chi connectivity index (χ1) is 13.4. The van der Waals surface area contributed by atoms with Crippen LogP contribution < -0.4 is 15.8 Å². The van der Waals surface area contributed by atoms with Crippen molar-refractivity contribution in [2.24, 2.45) is 0 Å². The molecule has 1 aromatic heterocycles. The van der Waals surface area contributed by atoms with E-state index in [2.05, 4.69) is 15.8 Å². The van der Waals surface area contributed by atoms with Crippen LogP contribution in [0.3, 0.4) is 0 Å². The molecule has 2 aromatic rings. The number of hydrazine groups is 1. The van der Waals surface area contributed by atoms with E-state index in [1.165, 1.54) is 29.5 Å². The second kappa shape index (κ2) is 8.31. The van der Waals surface area contributed by atoms with Gasteiger partial charge in [0.2, 0.25) is 0 Å². The third-order valence-electron chi connectivity index (χ3n) is 4.23. The number of nitro benzene ring substituents is 1. The molecule has 3 rings (SSSR count). The number of carbonyl (C=O) groups is 2. The molecule has 0 atom stereocenters. The Bertz CT molecular complexity index is 923. The molecule has 0 unspecified atom stereocenters. The highest BCUT2D eigenvalue weighted by atomic mass is 32.1. The zero-order valence-corrected chi connectivity index (χ0v) is 16.2. The zero-order chi connectivity index (χ0) is 20.3. The van der Waals surface area contributed by atoms with Crippen LogP contribution in [0.25, 0.3) is 0 Å². The van der Waals surface area contributed by atoms with Crippen LogP contribution in [0.15, 0.2) is 18.2 Å². The lowest BCUT2D eigenvalue weighted by Crippen LogP contribution is -2.41. The van der Waals surface area contributed by atoms with E-state index >= 15 is 0 Å². The first-order valence-corrected chi connectivity index (χ1v) is 9.34. The number of anilines is 1. The Morgan fingerprint density at radius 2 is 1.89 bits per heavy atom. The minimum atomic E-state index is -0.646. The highest BCUT2D eigenvalue weighted by Crippen LogP contribution is 2.26. The number of hydrogen-bond acceptors (Lipinski definition) is 8. The number of nitrogens with zero attached hydrogens (tertiary/aromatic N) is 3. The summed E-state index contributed by atoms with van der Waals surface area (Å²) >= 11 is 1.24. The van der Waals surface area contributed by atoms with E-state index in [-0.39, 0.29) is 11.3 Å². The number of nitrogens with one attached hydrogen (secondary N) is 2. The molecular weight excluding hydrogens is 386 g/mol. The summed E-state index contributed by atoms with van der Waals surface area (Å²) in [6.45, 7) is 5.94. The molecule has 1 fully saturated rings. The van der Waals surface area contributed by atoms with Gasteiger partial charge in [-0.1, -0.05) is 17.4 Å². The Kier molecular flexibility index (Phi) is 5.85. The summed E-state index contributed by atoms with van der Waals surface area (Å²) in [5.74, 6) is -1.14. The van der Waals surface area contributed by atoms with Crippen molar-refractivity contribution >= 4 is 34.0 Å². The maximum Gasteiger partial charge on any atom is 0.281 e. The summed E-state index contributed by atoms with van der Waals surface area (Å²) < 4.78 is 5.31. The van der Waals surface area contributed by atoms with E-state index in [4.69, 9.17) is 4.74 Å². The average Bonchev–Trinajstić information content (AvgIpc) is 3.08. The fourth-order valence-corrected chi connectivity index (χ4v) is 3.69. The van der Waals surface area contributed by atoms with Gasteiger partial charge >= 0.3 is 0 Å². The number of thiazole rings is 1. The first kappa shape index (κ1) is 19.7. The molecule has 0 spiro atoms. The Balaban J connectivity index is 1.65. The van der Waals surface area contributed by atoms with Crippen molar-refractivity contribution in [3.05, 3.63) is 50.0 Å². The second-order valence-electron chi connectivity index (χ2n) is 6.18. The van der Waals surface area contributed by atoms with Crippen LogP contribution in [0.5, 0.6) is 0 Å². The van der Waals surface area contributed by atoms with Gasteiger partial charge in [-0.15, -0.1) is 0 Å². The van der Waals surface area contributed by atoms with E-state index in [9.17, 15) is 19.7 Å². The molecule has 28 heavy (non-hydrogen) atoms. The fourth-order valence-electron chi connectivity index (χ4n) is 2.67. The molecule has 0 bridgehead atoms. The predicted octanol–water partition coefficient (Wildman–Crippen LogP) is 1.58. The maximum absolute atomic E-state index is 12.4. The first-order valence-electron chi connectivity index (χ1n) is 8.52. The summed E-state index contributed by atoms with van der Waals surface area (Å²) in [5, 5.41) is 11.7. The number of hydrogen-bond donors (Lipinski definition) is 2. The minimum absolute atomic E-state index is 0.0765. The predicted molar refractivity (Wildman–Crippen MR) is 103 cm³/mol. The lowest BCUT2D eigenvalue weighted by atomic mass is 10.1. The summed E-state index contributed by atoms with van der Waals surface area (Å²) in [6, 6.07) is 4.11. The summed E-state index contributed by atoms with van der Waals surface area (Å²) in [7, 11) is 0. The van der Waals surface area contributed by atoms with E-state index in [0.29, 0.717) is 42.4 Å². The number of morpholine rings is 1. The Morgan fingerprint density at radius 1 is 1.21 bits per heavy atom.